The lowest BCUT2D eigenvalue weighted by Crippen LogP contribution is -2.28. The van der Waals surface area contributed by atoms with E-state index in [0.29, 0.717) is 6.07 Å². The van der Waals surface area contributed by atoms with Gasteiger partial charge in [0.05, 0.1) is 23.1 Å². The third-order valence-corrected chi connectivity index (χ3v) is 2.76. The number of aromatic nitrogens is 1. The van der Waals surface area contributed by atoms with Gasteiger partial charge in [0, 0.05) is 13.2 Å². The summed E-state index contributed by atoms with van der Waals surface area (Å²) in [6.07, 6.45) is 2.72. The molecule has 1 aromatic carbocycles. The molecule has 0 fully saturated rings. The molecule has 7 heteroatoms. The number of hydrogen-bond donors (Lipinski definition) is 1. The molecule has 0 spiro atoms. The van der Waals surface area contributed by atoms with Crippen LogP contribution in [0.5, 0.6) is 0 Å². The van der Waals surface area contributed by atoms with E-state index in [0.717, 1.165) is 11.0 Å². The zero-order valence-corrected chi connectivity index (χ0v) is 10.4. The number of benzene rings is 1. The van der Waals surface area contributed by atoms with Gasteiger partial charge in [-0.3, -0.25) is 9.78 Å². The zero-order chi connectivity index (χ0) is 14.9. The topological polar surface area (TPSA) is 59.2 Å². The minimum absolute atomic E-state index is 0.200. The smallest absolute Gasteiger partial charge is 0.261 e. The van der Waals surface area contributed by atoms with E-state index in [2.05, 4.69) is 4.98 Å². The number of halogens is 3. The van der Waals surface area contributed by atoms with Crippen LogP contribution in [0.15, 0.2) is 30.6 Å². The molecular formula is C13H10F3N3O. The first-order valence-corrected chi connectivity index (χ1v) is 5.54. The highest BCUT2D eigenvalue weighted by molar-refractivity contribution is 6.07. The Labute approximate surface area is 112 Å². The van der Waals surface area contributed by atoms with Gasteiger partial charge in [0.25, 0.3) is 5.91 Å². The summed E-state index contributed by atoms with van der Waals surface area (Å²) in [5.74, 6) is -5.43. The molecule has 2 rings (SSSR count). The van der Waals surface area contributed by atoms with E-state index in [4.69, 9.17) is 5.73 Å². The Bertz CT molecular complexity index is 676. The number of nitrogens with zero attached hydrogens (tertiary/aromatic N) is 2. The number of rotatable bonds is 2. The highest BCUT2D eigenvalue weighted by atomic mass is 19.2. The predicted octanol–water partition coefficient (Wildman–Crippen LogP) is 2.36. The summed E-state index contributed by atoms with van der Waals surface area (Å²) in [5.41, 5.74) is 5.55. The van der Waals surface area contributed by atoms with Crippen molar-refractivity contribution < 1.29 is 18.0 Å². The summed E-state index contributed by atoms with van der Waals surface area (Å²) in [6.45, 7) is 0. The molecule has 0 saturated carbocycles. The second kappa shape index (κ2) is 5.20. The minimum Gasteiger partial charge on any atom is -0.396 e. The fourth-order valence-corrected chi connectivity index (χ4v) is 1.69. The Balaban J connectivity index is 2.42. The lowest BCUT2D eigenvalue weighted by Gasteiger charge is -2.19. The summed E-state index contributed by atoms with van der Waals surface area (Å²) in [6, 6.07) is 3.02. The normalized spacial score (nSPS) is 10.4. The van der Waals surface area contributed by atoms with Crippen LogP contribution in [0.4, 0.5) is 24.5 Å². The highest BCUT2D eigenvalue weighted by Gasteiger charge is 2.23. The summed E-state index contributed by atoms with van der Waals surface area (Å²) < 4.78 is 39.6. The van der Waals surface area contributed by atoms with E-state index in [1.165, 1.54) is 25.5 Å². The van der Waals surface area contributed by atoms with Crippen LogP contribution in [0.25, 0.3) is 0 Å². The van der Waals surface area contributed by atoms with Crippen LogP contribution in [-0.2, 0) is 0 Å². The van der Waals surface area contributed by atoms with E-state index >= 15 is 0 Å². The molecule has 104 valence electrons. The molecule has 0 aliphatic carbocycles. The summed E-state index contributed by atoms with van der Waals surface area (Å²) >= 11 is 0. The lowest BCUT2D eigenvalue weighted by molar-refractivity contribution is 0.0988. The molecule has 1 amide bonds. The molecule has 0 unspecified atom stereocenters. The van der Waals surface area contributed by atoms with Crippen LogP contribution < -0.4 is 10.6 Å². The predicted molar refractivity (Wildman–Crippen MR) is 67.7 cm³/mol. The number of carbonyl (C=O) groups excluding carboxylic acids is 1. The molecule has 0 aliphatic heterocycles. The van der Waals surface area contributed by atoms with Crippen molar-refractivity contribution >= 4 is 17.3 Å². The van der Waals surface area contributed by atoms with Gasteiger partial charge in [0.2, 0.25) is 0 Å². The second-order valence-corrected chi connectivity index (χ2v) is 4.02. The van der Waals surface area contributed by atoms with Crippen LogP contribution in [0, 0.1) is 17.5 Å². The van der Waals surface area contributed by atoms with Crippen LogP contribution in [0.1, 0.15) is 10.4 Å². The number of amides is 1. The third kappa shape index (κ3) is 2.29. The Morgan fingerprint density at radius 1 is 1.20 bits per heavy atom. The molecule has 1 heterocycles. The summed E-state index contributed by atoms with van der Waals surface area (Å²) in [4.78, 5) is 16.9. The lowest BCUT2D eigenvalue weighted by atomic mass is 10.1. The van der Waals surface area contributed by atoms with Crippen molar-refractivity contribution in [2.75, 3.05) is 17.7 Å². The van der Waals surface area contributed by atoms with E-state index in [1.807, 2.05) is 0 Å². The summed E-state index contributed by atoms with van der Waals surface area (Å²) in [5, 5.41) is 0. The average molecular weight is 281 g/mol. The van der Waals surface area contributed by atoms with Gasteiger partial charge in [-0.15, -0.1) is 0 Å². The summed E-state index contributed by atoms with van der Waals surface area (Å²) in [7, 11) is 1.34. The van der Waals surface area contributed by atoms with Crippen LogP contribution in [0.3, 0.4) is 0 Å². The van der Waals surface area contributed by atoms with Crippen molar-refractivity contribution in [3.63, 3.8) is 0 Å². The molecule has 0 bridgehead atoms. The molecule has 0 radical (unpaired) electrons. The first-order valence-electron chi connectivity index (χ1n) is 5.54. The second-order valence-electron chi connectivity index (χ2n) is 4.02. The fourth-order valence-electron chi connectivity index (χ4n) is 1.69. The largest absolute Gasteiger partial charge is 0.396 e. The number of carbonyl (C=O) groups is 1. The Morgan fingerprint density at radius 2 is 1.90 bits per heavy atom. The maximum Gasteiger partial charge on any atom is 0.261 e. The van der Waals surface area contributed by atoms with Gasteiger partial charge < -0.3 is 10.6 Å². The maximum atomic E-state index is 13.6. The molecule has 0 aliphatic rings. The van der Waals surface area contributed by atoms with Gasteiger partial charge in [-0.2, -0.15) is 0 Å². The fraction of sp³-hybridized carbons (Fsp3) is 0.0769. The molecule has 2 aromatic rings. The first-order chi connectivity index (χ1) is 9.43. The third-order valence-electron chi connectivity index (χ3n) is 2.76. The van der Waals surface area contributed by atoms with Gasteiger partial charge >= 0.3 is 0 Å². The van der Waals surface area contributed by atoms with Crippen LogP contribution >= 0.6 is 0 Å². The monoisotopic (exact) mass is 281 g/mol. The molecular weight excluding hydrogens is 271 g/mol. The maximum absolute atomic E-state index is 13.6. The number of nitrogen functional groups attached to an aromatic ring is 1. The van der Waals surface area contributed by atoms with E-state index in [-0.39, 0.29) is 11.4 Å². The standard InChI is InChI=1S/C13H10F3N3O/c1-19(10-4-5-18-6-9(10)17)13(20)7-2-3-8(14)12(16)11(7)15/h2-6H,17H2,1H3. The zero-order valence-electron chi connectivity index (χ0n) is 10.4. The van der Waals surface area contributed by atoms with Crippen molar-refractivity contribution in [1.29, 1.82) is 0 Å². The van der Waals surface area contributed by atoms with Gasteiger partial charge in [0.1, 0.15) is 0 Å². The van der Waals surface area contributed by atoms with Crippen molar-refractivity contribution in [2.45, 2.75) is 0 Å². The van der Waals surface area contributed by atoms with E-state index < -0.39 is 28.9 Å². The Kier molecular flexibility index (Phi) is 3.60. The van der Waals surface area contributed by atoms with Gasteiger partial charge in [-0.05, 0) is 18.2 Å². The van der Waals surface area contributed by atoms with Gasteiger partial charge in [0.15, 0.2) is 17.5 Å². The van der Waals surface area contributed by atoms with E-state index in [1.54, 1.807) is 0 Å². The number of pyridine rings is 1. The molecule has 20 heavy (non-hydrogen) atoms. The molecule has 0 atom stereocenters. The molecule has 2 N–H and O–H groups in total. The Hall–Kier alpha value is -2.57. The Morgan fingerprint density at radius 3 is 2.55 bits per heavy atom. The highest BCUT2D eigenvalue weighted by Crippen LogP contribution is 2.23. The molecule has 4 nitrogen and oxygen atoms in total. The first kappa shape index (κ1) is 13.9. The van der Waals surface area contributed by atoms with Crippen molar-refractivity contribution in [3.05, 3.63) is 53.6 Å². The average Bonchev–Trinajstić information content (AvgIpc) is 2.44. The SMILES string of the molecule is CN(C(=O)c1ccc(F)c(F)c1F)c1ccncc1N. The van der Waals surface area contributed by atoms with Crippen LogP contribution in [-0.4, -0.2) is 17.9 Å². The quantitative estimate of drug-likeness (QED) is 0.860. The van der Waals surface area contributed by atoms with Gasteiger partial charge in [-0.25, -0.2) is 13.2 Å². The number of anilines is 2. The van der Waals surface area contributed by atoms with Gasteiger partial charge in [-0.1, -0.05) is 0 Å². The number of nitrogens with two attached hydrogens (primary N) is 1. The van der Waals surface area contributed by atoms with Crippen molar-refractivity contribution in [2.24, 2.45) is 0 Å². The minimum atomic E-state index is -1.69. The van der Waals surface area contributed by atoms with Crippen molar-refractivity contribution in [3.8, 4) is 0 Å². The van der Waals surface area contributed by atoms with Crippen LogP contribution in [0.2, 0.25) is 0 Å². The number of hydrogen-bond acceptors (Lipinski definition) is 3. The molecule has 1 aromatic heterocycles. The van der Waals surface area contributed by atoms with Crippen molar-refractivity contribution in [1.82, 2.24) is 4.98 Å². The molecule has 0 saturated heterocycles. The van der Waals surface area contributed by atoms with E-state index in [9.17, 15) is 18.0 Å².